The van der Waals surface area contributed by atoms with Crippen molar-refractivity contribution < 1.29 is 61.6 Å². The van der Waals surface area contributed by atoms with E-state index >= 15 is 0 Å². The average molecular weight is 728 g/mol. The van der Waals surface area contributed by atoms with Crippen molar-refractivity contribution in [2.75, 3.05) is 173 Å². The summed E-state index contributed by atoms with van der Waals surface area (Å²) in [5, 5.41) is 0. The van der Waals surface area contributed by atoms with Crippen LogP contribution in [-0.4, -0.2) is 183 Å². The van der Waals surface area contributed by atoms with Gasteiger partial charge in [0.25, 0.3) is 0 Å². The van der Waals surface area contributed by atoms with Crippen molar-refractivity contribution in [1.82, 2.24) is 4.90 Å². The van der Waals surface area contributed by atoms with Crippen LogP contribution in [0.3, 0.4) is 0 Å². The van der Waals surface area contributed by atoms with Gasteiger partial charge in [0.1, 0.15) is 6.61 Å². The average Bonchev–Trinajstić information content (AvgIpc) is 3.11. The van der Waals surface area contributed by atoms with Crippen LogP contribution in [-0.2, 0) is 61.6 Å². The number of ether oxygens (including phenoxy) is 12. The molecular weight excluding hydrogens is 654 g/mol. The monoisotopic (exact) mass is 728 g/mol. The van der Waals surface area contributed by atoms with Gasteiger partial charge in [-0.2, -0.15) is 0 Å². The Morgan fingerprint density at radius 3 is 0.920 bits per heavy atom. The predicted molar refractivity (Wildman–Crippen MR) is 191 cm³/mol. The van der Waals surface area contributed by atoms with Gasteiger partial charge in [0.2, 0.25) is 0 Å². The molecule has 0 aromatic heterocycles. The second kappa shape index (κ2) is 44.2. The van der Waals surface area contributed by atoms with Gasteiger partial charge in [-0.25, -0.2) is 0 Å². The molecule has 0 aromatic rings. The van der Waals surface area contributed by atoms with Gasteiger partial charge in [-0.3, -0.25) is 4.79 Å². The van der Waals surface area contributed by atoms with E-state index in [1.807, 2.05) is 14.1 Å². The Kier molecular flexibility index (Phi) is 43.3. The summed E-state index contributed by atoms with van der Waals surface area (Å²) in [6, 6.07) is 0. The van der Waals surface area contributed by atoms with Gasteiger partial charge in [-0.1, -0.05) is 45.4 Å². The number of carbonyl (C=O) groups excluding carboxylic acids is 1. The van der Waals surface area contributed by atoms with E-state index in [1.54, 1.807) is 0 Å². The molecule has 0 spiro atoms. The second-order valence-electron chi connectivity index (χ2n) is 11.6. The summed E-state index contributed by atoms with van der Waals surface area (Å²) in [6.07, 6.45) is 8.80. The van der Waals surface area contributed by atoms with E-state index in [4.69, 9.17) is 56.8 Å². The van der Waals surface area contributed by atoms with Crippen molar-refractivity contribution in [2.24, 2.45) is 0 Å². The lowest BCUT2D eigenvalue weighted by molar-refractivity contribution is -0.145. The number of unbranched alkanes of at least 4 members (excludes halogenated alkanes) is 6. The topological polar surface area (TPSA) is 131 Å². The minimum absolute atomic E-state index is 0.140. The Bertz CT molecular complexity index is 649. The molecule has 0 N–H and O–H groups in total. The molecule has 0 fully saturated rings. The van der Waals surface area contributed by atoms with Crippen LogP contribution < -0.4 is 0 Å². The molecule has 50 heavy (non-hydrogen) atoms. The van der Waals surface area contributed by atoms with Gasteiger partial charge in [0.15, 0.2) is 0 Å². The predicted octanol–water partition coefficient (Wildman–Crippen LogP) is 3.41. The Labute approximate surface area is 303 Å². The molecule has 14 heteroatoms. The van der Waals surface area contributed by atoms with Gasteiger partial charge < -0.3 is 61.7 Å². The molecule has 0 aliphatic heterocycles. The quantitative estimate of drug-likeness (QED) is 0.0671. The number of nitrogens with zero attached hydrogens (tertiary/aromatic N) is 1. The van der Waals surface area contributed by atoms with Gasteiger partial charge >= 0.3 is 5.97 Å². The van der Waals surface area contributed by atoms with E-state index in [9.17, 15) is 4.79 Å². The van der Waals surface area contributed by atoms with Crippen LogP contribution in [0.2, 0.25) is 0 Å². The number of carbonyl (C=O) groups is 1. The lowest BCUT2D eigenvalue weighted by Gasteiger charge is -2.10. The summed E-state index contributed by atoms with van der Waals surface area (Å²) >= 11 is 0. The van der Waals surface area contributed by atoms with E-state index in [0.717, 1.165) is 19.4 Å². The van der Waals surface area contributed by atoms with Crippen molar-refractivity contribution in [3.63, 3.8) is 0 Å². The van der Waals surface area contributed by atoms with E-state index in [0.29, 0.717) is 152 Å². The fourth-order valence-corrected chi connectivity index (χ4v) is 4.06. The SMILES string of the molecule is CCCCCCCCCC(=O)OCCOCCOCCOCCOCCOCCOCCOCCOCCOCCOCCOCCN(C)C. The van der Waals surface area contributed by atoms with Crippen LogP contribution in [0.5, 0.6) is 0 Å². The third-order valence-electron chi connectivity index (χ3n) is 6.88. The third kappa shape index (κ3) is 45.0. The summed E-state index contributed by atoms with van der Waals surface area (Å²) in [5.74, 6) is -0.140. The van der Waals surface area contributed by atoms with Crippen LogP contribution in [0, 0.1) is 0 Å². The molecule has 0 aliphatic rings. The van der Waals surface area contributed by atoms with Gasteiger partial charge in [-0.05, 0) is 20.5 Å². The maximum Gasteiger partial charge on any atom is 0.305 e. The molecule has 0 aliphatic carbocycles. The molecule has 300 valence electrons. The maximum atomic E-state index is 11.7. The number of hydrogen-bond acceptors (Lipinski definition) is 14. The molecule has 0 aromatic carbocycles. The second-order valence-corrected chi connectivity index (χ2v) is 11.6. The largest absolute Gasteiger partial charge is 0.463 e. The highest BCUT2D eigenvalue weighted by molar-refractivity contribution is 5.69. The molecule has 0 saturated carbocycles. The summed E-state index contributed by atoms with van der Waals surface area (Å²) in [6.45, 7) is 14.8. The summed E-state index contributed by atoms with van der Waals surface area (Å²) in [5.41, 5.74) is 0. The number of esters is 1. The molecule has 0 bridgehead atoms. The molecular formula is C36H73NO13. The normalized spacial score (nSPS) is 11.6. The zero-order valence-electron chi connectivity index (χ0n) is 31.9. The third-order valence-corrected chi connectivity index (χ3v) is 6.88. The van der Waals surface area contributed by atoms with Crippen molar-refractivity contribution in [1.29, 1.82) is 0 Å². The van der Waals surface area contributed by atoms with Gasteiger partial charge in [0.05, 0.1) is 145 Å². The molecule has 0 saturated heterocycles. The molecule has 0 amide bonds. The Morgan fingerprint density at radius 1 is 0.360 bits per heavy atom. The lowest BCUT2D eigenvalue weighted by atomic mass is 10.1. The molecule has 0 radical (unpaired) electrons. The fourth-order valence-electron chi connectivity index (χ4n) is 4.06. The zero-order valence-corrected chi connectivity index (χ0v) is 31.9. The molecule has 14 nitrogen and oxygen atoms in total. The first-order valence-electron chi connectivity index (χ1n) is 18.8. The standard InChI is InChI=1S/C36H73NO13/c1-4-5-6-7-8-9-10-11-36(38)50-35-34-49-33-32-48-31-30-47-29-28-46-27-26-45-25-24-44-23-22-43-21-20-42-19-18-41-17-16-40-15-14-39-13-12-37(2)3/h4-35H2,1-3H3. The summed E-state index contributed by atoms with van der Waals surface area (Å²) < 4.78 is 65.4. The van der Waals surface area contributed by atoms with Crippen LogP contribution in [0.1, 0.15) is 58.3 Å². The molecule has 0 heterocycles. The van der Waals surface area contributed by atoms with Crippen LogP contribution >= 0.6 is 0 Å². The van der Waals surface area contributed by atoms with Crippen molar-refractivity contribution in [3.8, 4) is 0 Å². The van der Waals surface area contributed by atoms with E-state index in [2.05, 4.69) is 11.8 Å². The smallest absolute Gasteiger partial charge is 0.305 e. The number of hydrogen-bond donors (Lipinski definition) is 0. The highest BCUT2D eigenvalue weighted by atomic mass is 16.6. The fraction of sp³-hybridized carbons (Fsp3) is 0.972. The Morgan fingerprint density at radius 2 is 0.620 bits per heavy atom. The number of rotatable bonds is 44. The van der Waals surface area contributed by atoms with Crippen LogP contribution in [0.25, 0.3) is 0 Å². The van der Waals surface area contributed by atoms with Crippen molar-refractivity contribution in [3.05, 3.63) is 0 Å². The molecule has 0 unspecified atom stereocenters. The summed E-state index contributed by atoms with van der Waals surface area (Å²) in [7, 11) is 4.04. The van der Waals surface area contributed by atoms with E-state index < -0.39 is 0 Å². The van der Waals surface area contributed by atoms with Crippen LogP contribution in [0.4, 0.5) is 0 Å². The van der Waals surface area contributed by atoms with E-state index in [1.165, 1.54) is 32.1 Å². The minimum Gasteiger partial charge on any atom is -0.463 e. The molecule has 0 rings (SSSR count). The summed E-state index contributed by atoms with van der Waals surface area (Å²) in [4.78, 5) is 13.8. The van der Waals surface area contributed by atoms with Crippen molar-refractivity contribution in [2.45, 2.75) is 58.3 Å². The van der Waals surface area contributed by atoms with Gasteiger partial charge in [0, 0.05) is 13.0 Å². The first-order chi connectivity index (χ1) is 24.7. The highest BCUT2D eigenvalue weighted by Crippen LogP contribution is 2.08. The first kappa shape index (κ1) is 49.0. The maximum absolute atomic E-state index is 11.7. The zero-order chi connectivity index (χ0) is 36.3. The lowest BCUT2D eigenvalue weighted by Crippen LogP contribution is -2.19. The van der Waals surface area contributed by atoms with E-state index in [-0.39, 0.29) is 12.6 Å². The Balaban J connectivity index is 3.10. The van der Waals surface area contributed by atoms with Crippen LogP contribution in [0.15, 0.2) is 0 Å². The van der Waals surface area contributed by atoms with Gasteiger partial charge in [-0.15, -0.1) is 0 Å². The first-order valence-corrected chi connectivity index (χ1v) is 18.8. The highest BCUT2D eigenvalue weighted by Gasteiger charge is 2.03. The minimum atomic E-state index is -0.140. The van der Waals surface area contributed by atoms with Crippen molar-refractivity contribution >= 4 is 5.97 Å². The Hall–Kier alpha value is -1.01. The number of likely N-dealkylation sites (N-methyl/N-ethyl adjacent to an activating group) is 1. The molecule has 0 atom stereocenters.